The van der Waals surface area contributed by atoms with Gasteiger partial charge in [0, 0.05) is 5.56 Å². The third-order valence-electron chi connectivity index (χ3n) is 2.24. The van der Waals surface area contributed by atoms with Crippen molar-refractivity contribution in [1.82, 2.24) is 0 Å². The minimum atomic E-state index is -0.671. The molecule has 0 aliphatic heterocycles. The molecule has 0 spiro atoms. The van der Waals surface area contributed by atoms with Crippen LogP contribution in [-0.2, 0) is 0 Å². The number of benzene rings is 1. The van der Waals surface area contributed by atoms with Crippen molar-refractivity contribution in [2.45, 2.75) is 32.8 Å². The summed E-state index contributed by atoms with van der Waals surface area (Å²) < 4.78 is 0. The average molecular weight is 218 g/mol. The maximum absolute atomic E-state index is 11.1. The van der Waals surface area contributed by atoms with Gasteiger partial charge in [-0.2, -0.15) is 0 Å². The van der Waals surface area contributed by atoms with E-state index in [1.54, 1.807) is 20.8 Å². The molecule has 1 rings (SSSR count). The molecule has 0 aromatic heterocycles. The van der Waals surface area contributed by atoms with Crippen LogP contribution in [0.25, 0.3) is 6.08 Å². The summed E-state index contributed by atoms with van der Waals surface area (Å²) in [5.74, 6) is 0.0759. The fourth-order valence-corrected chi connectivity index (χ4v) is 1.31. The SMILES string of the molecule is CC(=O)c1ccc(/C=C/CC(C)(C)O)cc1. The Balaban J connectivity index is 2.65. The summed E-state index contributed by atoms with van der Waals surface area (Å²) in [6.07, 6.45) is 4.49. The van der Waals surface area contributed by atoms with Gasteiger partial charge in [0.2, 0.25) is 0 Å². The van der Waals surface area contributed by atoms with E-state index in [1.165, 1.54) is 0 Å². The Kier molecular flexibility index (Phi) is 4.02. The Morgan fingerprint density at radius 1 is 1.31 bits per heavy atom. The normalized spacial score (nSPS) is 12.0. The van der Waals surface area contributed by atoms with Gasteiger partial charge in [-0.1, -0.05) is 36.4 Å². The van der Waals surface area contributed by atoms with Crippen molar-refractivity contribution in [1.29, 1.82) is 0 Å². The predicted molar refractivity (Wildman–Crippen MR) is 66.4 cm³/mol. The monoisotopic (exact) mass is 218 g/mol. The maximum Gasteiger partial charge on any atom is 0.159 e. The van der Waals surface area contributed by atoms with Gasteiger partial charge < -0.3 is 5.11 Å². The van der Waals surface area contributed by atoms with Crippen LogP contribution in [0.5, 0.6) is 0 Å². The molecule has 0 saturated heterocycles. The van der Waals surface area contributed by atoms with Gasteiger partial charge in [-0.25, -0.2) is 0 Å². The number of aliphatic hydroxyl groups is 1. The van der Waals surface area contributed by atoms with Gasteiger partial charge in [0.25, 0.3) is 0 Å². The zero-order chi connectivity index (χ0) is 12.2. The second-order valence-corrected chi connectivity index (χ2v) is 4.60. The molecular formula is C14H18O2. The molecule has 0 bridgehead atoms. The summed E-state index contributed by atoms with van der Waals surface area (Å²) in [4.78, 5) is 11.1. The highest BCUT2D eigenvalue weighted by molar-refractivity contribution is 5.94. The first kappa shape index (κ1) is 12.7. The Labute approximate surface area is 96.6 Å². The molecular weight excluding hydrogens is 200 g/mol. The van der Waals surface area contributed by atoms with E-state index in [1.807, 2.05) is 36.4 Å². The van der Waals surface area contributed by atoms with Crippen LogP contribution in [0.2, 0.25) is 0 Å². The third-order valence-corrected chi connectivity index (χ3v) is 2.24. The van der Waals surface area contributed by atoms with Crippen LogP contribution >= 0.6 is 0 Å². The lowest BCUT2D eigenvalue weighted by molar-refractivity contribution is 0.0840. The van der Waals surface area contributed by atoms with Gasteiger partial charge >= 0.3 is 0 Å². The first-order valence-corrected chi connectivity index (χ1v) is 5.38. The zero-order valence-electron chi connectivity index (χ0n) is 10.0. The van der Waals surface area contributed by atoms with Crippen molar-refractivity contribution in [2.75, 3.05) is 0 Å². The van der Waals surface area contributed by atoms with Crippen molar-refractivity contribution >= 4 is 11.9 Å². The smallest absolute Gasteiger partial charge is 0.159 e. The van der Waals surface area contributed by atoms with Crippen molar-refractivity contribution < 1.29 is 9.90 Å². The van der Waals surface area contributed by atoms with E-state index >= 15 is 0 Å². The van der Waals surface area contributed by atoms with Crippen LogP contribution in [0, 0.1) is 0 Å². The van der Waals surface area contributed by atoms with E-state index in [2.05, 4.69) is 0 Å². The second kappa shape index (κ2) is 5.08. The highest BCUT2D eigenvalue weighted by atomic mass is 16.3. The number of rotatable bonds is 4. The molecule has 0 heterocycles. The quantitative estimate of drug-likeness (QED) is 0.788. The Morgan fingerprint density at radius 3 is 2.31 bits per heavy atom. The standard InChI is InChI=1S/C14H18O2/c1-11(15)13-8-6-12(7-9-13)5-4-10-14(2,3)16/h4-9,16H,10H2,1-3H3/b5-4+. The van der Waals surface area contributed by atoms with Gasteiger partial charge in [0.05, 0.1) is 5.60 Å². The summed E-state index contributed by atoms with van der Waals surface area (Å²) in [6.45, 7) is 5.10. The van der Waals surface area contributed by atoms with Gasteiger partial charge in [-0.3, -0.25) is 4.79 Å². The van der Waals surface area contributed by atoms with Crippen LogP contribution in [0.1, 0.15) is 43.1 Å². The fourth-order valence-electron chi connectivity index (χ4n) is 1.31. The number of carbonyl (C=O) groups is 1. The number of carbonyl (C=O) groups excluding carboxylic acids is 1. The molecule has 1 aromatic rings. The van der Waals surface area contributed by atoms with E-state index in [0.29, 0.717) is 6.42 Å². The third kappa shape index (κ3) is 4.41. The molecule has 16 heavy (non-hydrogen) atoms. The number of hydrogen-bond acceptors (Lipinski definition) is 2. The number of hydrogen-bond donors (Lipinski definition) is 1. The maximum atomic E-state index is 11.1. The zero-order valence-corrected chi connectivity index (χ0v) is 10.0. The van der Waals surface area contributed by atoms with Crippen LogP contribution in [0.4, 0.5) is 0 Å². The molecule has 0 aliphatic carbocycles. The van der Waals surface area contributed by atoms with Crippen LogP contribution in [-0.4, -0.2) is 16.5 Å². The van der Waals surface area contributed by atoms with E-state index in [4.69, 9.17) is 0 Å². The summed E-state index contributed by atoms with van der Waals surface area (Å²) >= 11 is 0. The van der Waals surface area contributed by atoms with Gasteiger partial charge in [-0.05, 0) is 32.8 Å². The molecule has 1 N–H and O–H groups in total. The topological polar surface area (TPSA) is 37.3 Å². The van der Waals surface area contributed by atoms with E-state index in [0.717, 1.165) is 11.1 Å². The number of Topliss-reactive ketones (excluding diaryl/α,β-unsaturated/α-hetero) is 1. The van der Waals surface area contributed by atoms with Crippen molar-refractivity contribution in [3.05, 3.63) is 41.5 Å². The Bertz CT molecular complexity index is 380. The van der Waals surface area contributed by atoms with Crippen molar-refractivity contribution in [2.24, 2.45) is 0 Å². The minimum Gasteiger partial charge on any atom is -0.390 e. The Morgan fingerprint density at radius 2 is 1.88 bits per heavy atom. The molecule has 0 unspecified atom stereocenters. The van der Waals surface area contributed by atoms with Gasteiger partial charge in [0.15, 0.2) is 5.78 Å². The van der Waals surface area contributed by atoms with Crippen LogP contribution in [0.3, 0.4) is 0 Å². The average Bonchev–Trinajstić information content (AvgIpc) is 2.16. The van der Waals surface area contributed by atoms with Crippen molar-refractivity contribution in [3.63, 3.8) is 0 Å². The molecule has 0 aliphatic rings. The van der Waals surface area contributed by atoms with E-state index < -0.39 is 5.60 Å². The van der Waals surface area contributed by atoms with Crippen molar-refractivity contribution in [3.8, 4) is 0 Å². The Hall–Kier alpha value is -1.41. The molecule has 86 valence electrons. The fraction of sp³-hybridized carbons (Fsp3) is 0.357. The van der Waals surface area contributed by atoms with Gasteiger partial charge in [0.1, 0.15) is 0 Å². The summed E-state index contributed by atoms with van der Waals surface area (Å²) in [5.41, 5.74) is 1.09. The molecule has 2 nitrogen and oxygen atoms in total. The lowest BCUT2D eigenvalue weighted by Gasteiger charge is -2.13. The summed E-state index contributed by atoms with van der Waals surface area (Å²) in [6, 6.07) is 7.42. The molecule has 0 saturated carbocycles. The van der Waals surface area contributed by atoms with E-state index in [9.17, 15) is 9.90 Å². The number of ketones is 1. The predicted octanol–water partition coefficient (Wildman–Crippen LogP) is 3.06. The lowest BCUT2D eigenvalue weighted by Crippen LogP contribution is -2.16. The van der Waals surface area contributed by atoms with E-state index in [-0.39, 0.29) is 5.78 Å². The largest absolute Gasteiger partial charge is 0.390 e. The molecule has 0 fully saturated rings. The first-order chi connectivity index (χ1) is 7.38. The van der Waals surface area contributed by atoms with Crippen LogP contribution in [0.15, 0.2) is 30.3 Å². The van der Waals surface area contributed by atoms with Crippen LogP contribution < -0.4 is 0 Å². The highest BCUT2D eigenvalue weighted by Crippen LogP contribution is 2.11. The highest BCUT2D eigenvalue weighted by Gasteiger charge is 2.08. The lowest BCUT2D eigenvalue weighted by atomic mass is 10.0. The minimum absolute atomic E-state index is 0.0759. The first-order valence-electron chi connectivity index (χ1n) is 5.38. The molecule has 0 radical (unpaired) electrons. The molecule has 2 heteroatoms. The second-order valence-electron chi connectivity index (χ2n) is 4.60. The van der Waals surface area contributed by atoms with Gasteiger partial charge in [-0.15, -0.1) is 0 Å². The molecule has 1 aromatic carbocycles. The molecule has 0 atom stereocenters. The molecule has 0 amide bonds. The summed E-state index contributed by atoms with van der Waals surface area (Å²) in [7, 11) is 0. The summed E-state index contributed by atoms with van der Waals surface area (Å²) in [5, 5.41) is 9.52.